The molecular formula is C10H10N4O3S. The summed E-state index contributed by atoms with van der Waals surface area (Å²) in [6, 6.07) is 0. The highest BCUT2D eigenvalue weighted by atomic mass is 32.1. The van der Waals surface area contributed by atoms with Crippen molar-refractivity contribution < 1.29 is 14.3 Å². The Kier molecular flexibility index (Phi) is 3.47. The molecule has 94 valence electrons. The highest BCUT2D eigenvalue weighted by Gasteiger charge is 2.22. The van der Waals surface area contributed by atoms with Crippen LogP contribution in [0.25, 0.3) is 0 Å². The van der Waals surface area contributed by atoms with E-state index >= 15 is 0 Å². The highest BCUT2D eigenvalue weighted by Crippen LogP contribution is 2.22. The second kappa shape index (κ2) is 5.05. The van der Waals surface area contributed by atoms with Gasteiger partial charge in [0.1, 0.15) is 4.88 Å². The fourth-order valence-corrected chi connectivity index (χ4v) is 1.90. The molecule has 2 aromatic heterocycles. The molecule has 0 saturated carbocycles. The molecule has 0 aliphatic heterocycles. The summed E-state index contributed by atoms with van der Waals surface area (Å²) in [5.41, 5.74) is 0.678. The third kappa shape index (κ3) is 2.14. The van der Waals surface area contributed by atoms with E-state index in [1.807, 2.05) is 0 Å². The average molecular weight is 266 g/mol. The summed E-state index contributed by atoms with van der Waals surface area (Å²) in [4.78, 5) is 20.7. The molecule has 8 heteroatoms. The van der Waals surface area contributed by atoms with Gasteiger partial charge in [-0.25, -0.2) is 4.98 Å². The van der Waals surface area contributed by atoms with Crippen molar-refractivity contribution in [2.45, 2.75) is 6.92 Å². The SMILES string of the molecule is COc1cnc(C(=O)c2snnc2C)c(OC)n1. The van der Waals surface area contributed by atoms with Crippen LogP contribution in [-0.4, -0.2) is 39.6 Å². The molecule has 2 rings (SSSR count). The lowest BCUT2D eigenvalue weighted by atomic mass is 10.2. The van der Waals surface area contributed by atoms with Crippen LogP contribution in [0.15, 0.2) is 6.20 Å². The molecule has 7 nitrogen and oxygen atoms in total. The quantitative estimate of drug-likeness (QED) is 0.759. The predicted molar refractivity (Wildman–Crippen MR) is 63.2 cm³/mol. The zero-order valence-corrected chi connectivity index (χ0v) is 10.8. The first-order valence-electron chi connectivity index (χ1n) is 4.96. The maximum absolute atomic E-state index is 12.2. The Morgan fingerprint density at radius 3 is 2.67 bits per heavy atom. The summed E-state index contributed by atoms with van der Waals surface area (Å²) in [6.45, 7) is 1.71. The van der Waals surface area contributed by atoms with Gasteiger partial charge in [0.15, 0.2) is 5.69 Å². The molecule has 0 atom stereocenters. The van der Waals surface area contributed by atoms with E-state index in [0.29, 0.717) is 10.6 Å². The van der Waals surface area contributed by atoms with Gasteiger partial charge < -0.3 is 9.47 Å². The summed E-state index contributed by atoms with van der Waals surface area (Å²) < 4.78 is 13.7. The van der Waals surface area contributed by atoms with E-state index in [1.54, 1.807) is 6.92 Å². The monoisotopic (exact) mass is 266 g/mol. The van der Waals surface area contributed by atoms with E-state index in [2.05, 4.69) is 19.6 Å². The van der Waals surface area contributed by atoms with Gasteiger partial charge in [-0.1, -0.05) is 4.49 Å². The molecule has 2 heterocycles. The fraction of sp³-hybridized carbons (Fsp3) is 0.300. The van der Waals surface area contributed by atoms with Gasteiger partial charge in [-0.3, -0.25) is 4.79 Å². The lowest BCUT2D eigenvalue weighted by Crippen LogP contribution is -2.08. The van der Waals surface area contributed by atoms with Gasteiger partial charge in [-0.05, 0) is 18.5 Å². The van der Waals surface area contributed by atoms with Crippen molar-refractivity contribution in [3.63, 3.8) is 0 Å². The molecule has 0 spiro atoms. The summed E-state index contributed by atoms with van der Waals surface area (Å²) in [6.07, 6.45) is 1.36. The number of aromatic nitrogens is 4. The van der Waals surface area contributed by atoms with Crippen molar-refractivity contribution in [1.82, 2.24) is 19.6 Å². The molecule has 18 heavy (non-hydrogen) atoms. The number of ketones is 1. The van der Waals surface area contributed by atoms with Gasteiger partial charge in [-0.2, -0.15) is 4.98 Å². The van der Waals surface area contributed by atoms with Gasteiger partial charge >= 0.3 is 0 Å². The van der Waals surface area contributed by atoms with Crippen LogP contribution in [0.5, 0.6) is 11.8 Å². The summed E-state index contributed by atoms with van der Waals surface area (Å²) >= 11 is 1.02. The van der Waals surface area contributed by atoms with Crippen LogP contribution in [0, 0.1) is 6.92 Å². The number of rotatable bonds is 4. The van der Waals surface area contributed by atoms with E-state index in [0.717, 1.165) is 11.5 Å². The van der Waals surface area contributed by atoms with E-state index < -0.39 is 0 Å². The maximum Gasteiger partial charge on any atom is 0.247 e. The molecule has 0 unspecified atom stereocenters. The molecule has 0 amide bonds. The number of nitrogens with zero attached hydrogens (tertiary/aromatic N) is 4. The third-order valence-electron chi connectivity index (χ3n) is 2.19. The normalized spacial score (nSPS) is 10.2. The third-order valence-corrected chi connectivity index (χ3v) is 3.02. The minimum absolute atomic E-state index is 0.118. The molecule has 0 aromatic carbocycles. The zero-order valence-electron chi connectivity index (χ0n) is 10.00. The van der Waals surface area contributed by atoms with Crippen molar-refractivity contribution >= 4 is 17.3 Å². The molecule has 0 radical (unpaired) electrons. The van der Waals surface area contributed by atoms with Crippen LogP contribution in [0.3, 0.4) is 0 Å². The molecule has 0 saturated heterocycles. The minimum Gasteiger partial charge on any atom is -0.480 e. The standard InChI is InChI=1S/C10H10N4O3S/c1-5-9(18-14-13-5)8(15)7-10(17-3)12-6(16-2)4-11-7/h4H,1-3H3. The van der Waals surface area contributed by atoms with Crippen molar-refractivity contribution in [3.8, 4) is 11.8 Å². The summed E-state index contributed by atoms with van der Waals surface area (Å²) in [7, 11) is 2.88. The summed E-state index contributed by atoms with van der Waals surface area (Å²) in [5, 5.41) is 3.79. The lowest BCUT2D eigenvalue weighted by molar-refractivity contribution is 0.103. The molecule has 0 aliphatic carbocycles. The molecule has 0 fully saturated rings. The Morgan fingerprint density at radius 1 is 1.33 bits per heavy atom. The number of carbonyl (C=O) groups is 1. The second-order valence-corrected chi connectivity index (χ2v) is 4.04. The van der Waals surface area contributed by atoms with Gasteiger partial charge in [0.05, 0.1) is 26.1 Å². The smallest absolute Gasteiger partial charge is 0.247 e. The Bertz CT molecular complexity index is 584. The van der Waals surface area contributed by atoms with E-state index in [9.17, 15) is 4.79 Å². The van der Waals surface area contributed by atoms with Crippen LogP contribution in [0.4, 0.5) is 0 Å². The van der Waals surface area contributed by atoms with E-state index in [4.69, 9.17) is 9.47 Å². The molecule has 0 bridgehead atoms. The fourth-order valence-electron chi connectivity index (χ4n) is 1.30. The van der Waals surface area contributed by atoms with Crippen molar-refractivity contribution in [3.05, 3.63) is 22.5 Å². The van der Waals surface area contributed by atoms with Gasteiger partial charge in [-0.15, -0.1) is 5.10 Å². The van der Waals surface area contributed by atoms with E-state index in [1.165, 1.54) is 20.4 Å². The Hall–Kier alpha value is -2.09. The Labute approximate surface area is 107 Å². The van der Waals surface area contributed by atoms with Crippen LogP contribution < -0.4 is 9.47 Å². The number of carbonyl (C=O) groups excluding carboxylic acids is 1. The van der Waals surface area contributed by atoms with Crippen LogP contribution in [0.1, 0.15) is 21.1 Å². The van der Waals surface area contributed by atoms with Crippen molar-refractivity contribution in [2.75, 3.05) is 14.2 Å². The predicted octanol–water partition coefficient (Wildman–Crippen LogP) is 0.885. The Balaban J connectivity index is 2.45. The zero-order chi connectivity index (χ0) is 13.1. The minimum atomic E-state index is -0.311. The molecule has 2 aromatic rings. The van der Waals surface area contributed by atoms with Gasteiger partial charge in [0.2, 0.25) is 17.5 Å². The number of hydrogen-bond donors (Lipinski definition) is 0. The molecular weight excluding hydrogens is 256 g/mol. The second-order valence-electron chi connectivity index (χ2n) is 3.29. The van der Waals surface area contributed by atoms with Crippen molar-refractivity contribution in [1.29, 1.82) is 0 Å². The number of aryl methyl sites for hydroxylation is 1. The van der Waals surface area contributed by atoms with Crippen LogP contribution >= 0.6 is 11.5 Å². The van der Waals surface area contributed by atoms with E-state index in [-0.39, 0.29) is 23.2 Å². The first kappa shape index (κ1) is 12.4. The number of ether oxygens (including phenoxy) is 2. The van der Waals surface area contributed by atoms with Crippen LogP contribution in [-0.2, 0) is 0 Å². The van der Waals surface area contributed by atoms with Gasteiger partial charge in [0.25, 0.3) is 0 Å². The molecule has 0 N–H and O–H groups in total. The highest BCUT2D eigenvalue weighted by molar-refractivity contribution is 7.08. The van der Waals surface area contributed by atoms with Crippen molar-refractivity contribution in [2.24, 2.45) is 0 Å². The summed E-state index contributed by atoms with van der Waals surface area (Å²) in [5.74, 6) is 0.0872. The largest absolute Gasteiger partial charge is 0.480 e. The Morgan fingerprint density at radius 2 is 2.11 bits per heavy atom. The van der Waals surface area contributed by atoms with Gasteiger partial charge in [0, 0.05) is 0 Å². The topological polar surface area (TPSA) is 87.1 Å². The van der Waals surface area contributed by atoms with Crippen LogP contribution in [0.2, 0.25) is 0 Å². The first-order valence-corrected chi connectivity index (χ1v) is 5.73. The number of methoxy groups -OCH3 is 2. The lowest BCUT2D eigenvalue weighted by Gasteiger charge is -2.06. The number of hydrogen-bond acceptors (Lipinski definition) is 8. The molecule has 0 aliphatic rings. The first-order chi connectivity index (χ1) is 8.67. The average Bonchev–Trinajstić information content (AvgIpc) is 2.83. The maximum atomic E-state index is 12.2.